The molecule has 0 bridgehead atoms. The van der Waals surface area contributed by atoms with E-state index < -0.39 is 0 Å². The van der Waals surface area contributed by atoms with Crippen LogP contribution in [0.25, 0.3) is 0 Å². The zero-order valence-corrected chi connectivity index (χ0v) is 10.5. The predicted molar refractivity (Wildman–Crippen MR) is 68.1 cm³/mol. The van der Waals surface area contributed by atoms with Crippen LogP contribution in [-0.4, -0.2) is 18.4 Å². The van der Waals surface area contributed by atoms with Gasteiger partial charge in [-0.1, -0.05) is 13.0 Å². The van der Waals surface area contributed by atoms with Crippen LogP contribution in [0.4, 0.5) is 5.69 Å². The molecule has 0 heterocycles. The molecule has 0 aliphatic rings. The van der Waals surface area contributed by atoms with Crippen LogP contribution in [0.15, 0.2) is 18.2 Å². The van der Waals surface area contributed by atoms with Gasteiger partial charge in [0.1, 0.15) is 0 Å². The average molecular weight is 234 g/mol. The standard InChI is InChI=1S/C13H18N2O2/c1-4-12(16)15-11-8-10(7-6-9(11)3)13(17)14-5-2/h6-8H,4-5H2,1-3H3,(H,14,17)(H,15,16). The first-order valence-electron chi connectivity index (χ1n) is 5.77. The minimum absolute atomic E-state index is 0.0545. The topological polar surface area (TPSA) is 58.2 Å². The van der Waals surface area contributed by atoms with Crippen molar-refractivity contribution in [2.24, 2.45) is 0 Å². The first-order chi connectivity index (χ1) is 8.08. The summed E-state index contributed by atoms with van der Waals surface area (Å²) < 4.78 is 0. The SMILES string of the molecule is CCNC(=O)c1ccc(C)c(NC(=O)CC)c1. The van der Waals surface area contributed by atoms with E-state index >= 15 is 0 Å². The molecule has 17 heavy (non-hydrogen) atoms. The maximum Gasteiger partial charge on any atom is 0.251 e. The lowest BCUT2D eigenvalue weighted by atomic mass is 10.1. The molecule has 0 aromatic heterocycles. The number of amides is 2. The highest BCUT2D eigenvalue weighted by Crippen LogP contribution is 2.17. The van der Waals surface area contributed by atoms with Crippen LogP contribution in [0.3, 0.4) is 0 Å². The van der Waals surface area contributed by atoms with Gasteiger partial charge in [0.05, 0.1) is 0 Å². The molecule has 4 heteroatoms. The van der Waals surface area contributed by atoms with Gasteiger partial charge in [0.25, 0.3) is 5.91 Å². The molecular formula is C13H18N2O2. The number of carbonyl (C=O) groups excluding carboxylic acids is 2. The first-order valence-corrected chi connectivity index (χ1v) is 5.77. The molecule has 2 N–H and O–H groups in total. The fourth-order valence-corrected chi connectivity index (χ4v) is 1.40. The average Bonchev–Trinajstić information content (AvgIpc) is 2.32. The molecule has 1 aromatic carbocycles. The summed E-state index contributed by atoms with van der Waals surface area (Å²) in [5.74, 6) is -0.180. The lowest BCUT2D eigenvalue weighted by Crippen LogP contribution is -2.23. The van der Waals surface area contributed by atoms with E-state index in [-0.39, 0.29) is 11.8 Å². The number of rotatable bonds is 4. The molecule has 2 amide bonds. The molecule has 0 aliphatic carbocycles. The summed E-state index contributed by atoms with van der Waals surface area (Å²) in [6, 6.07) is 5.28. The van der Waals surface area contributed by atoms with Gasteiger partial charge in [-0.25, -0.2) is 0 Å². The number of benzene rings is 1. The molecule has 0 saturated carbocycles. The number of hydrogen-bond donors (Lipinski definition) is 2. The first kappa shape index (κ1) is 13.2. The van der Waals surface area contributed by atoms with Crippen molar-refractivity contribution in [2.45, 2.75) is 27.2 Å². The second-order valence-electron chi connectivity index (χ2n) is 3.79. The van der Waals surface area contributed by atoms with Crippen LogP contribution < -0.4 is 10.6 Å². The second-order valence-corrected chi connectivity index (χ2v) is 3.79. The van der Waals surface area contributed by atoms with Crippen LogP contribution >= 0.6 is 0 Å². The summed E-state index contributed by atoms with van der Waals surface area (Å²) in [5, 5.41) is 5.50. The number of aryl methyl sites for hydroxylation is 1. The number of anilines is 1. The van der Waals surface area contributed by atoms with E-state index in [9.17, 15) is 9.59 Å². The summed E-state index contributed by atoms with van der Waals surface area (Å²) >= 11 is 0. The van der Waals surface area contributed by atoms with Gasteiger partial charge < -0.3 is 10.6 Å². The fraction of sp³-hybridized carbons (Fsp3) is 0.385. The Hall–Kier alpha value is -1.84. The molecule has 0 fully saturated rings. The monoisotopic (exact) mass is 234 g/mol. The van der Waals surface area contributed by atoms with E-state index in [0.29, 0.717) is 24.2 Å². The highest BCUT2D eigenvalue weighted by atomic mass is 16.2. The zero-order valence-electron chi connectivity index (χ0n) is 10.5. The lowest BCUT2D eigenvalue weighted by molar-refractivity contribution is -0.115. The summed E-state index contributed by atoms with van der Waals surface area (Å²) in [5.41, 5.74) is 2.20. The van der Waals surface area contributed by atoms with E-state index in [1.54, 1.807) is 19.1 Å². The Morgan fingerprint density at radius 1 is 1.24 bits per heavy atom. The summed E-state index contributed by atoms with van der Waals surface area (Å²) in [7, 11) is 0. The Morgan fingerprint density at radius 3 is 2.53 bits per heavy atom. The quantitative estimate of drug-likeness (QED) is 0.838. The van der Waals surface area contributed by atoms with Gasteiger partial charge in [0.15, 0.2) is 0 Å². The summed E-state index contributed by atoms with van der Waals surface area (Å²) in [6.45, 7) is 6.14. The predicted octanol–water partition coefficient (Wildman–Crippen LogP) is 2.09. The van der Waals surface area contributed by atoms with E-state index in [0.717, 1.165) is 5.56 Å². The van der Waals surface area contributed by atoms with Gasteiger partial charge in [0.2, 0.25) is 5.91 Å². The highest BCUT2D eigenvalue weighted by molar-refractivity contribution is 5.97. The lowest BCUT2D eigenvalue weighted by Gasteiger charge is -2.09. The molecule has 0 unspecified atom stereocenters. The van der Waals surface area contributed by atoms with Gasteiger partial charge in [-0.05, 0) is 31.5 Å². The minimum Gasteiger partial charge on any atom is -0.352 e. The van der Waals surface area contributed by atoms with Gasteiger partial charge in [-0.3, -0.25) is 9.59 Å². The smallest absolute Gasteiger partial charge is 0.251 e. The molecule has 0 aliphatic heterocycles. The molecule has 1 rings (SSSR count). The maximum atomic E-state index is 11.6. The molecule has 0 saturated heterocycles. The van der Waals surface area contributed by atoms with Crippen LogP contribution in [0.1, 0.15) is 36.2 Å². The highest BCUT2D eigenvalue weighted by Gasteiger charge is 2.08. The number of hydrogen-bond acceptors (Lipinski definition) is 2. The Labute approximate surface area is 101 Å². The largest absolute Gasteiger partial charge is 0.352 e. The van der Waals surface area contributed by atoms with E-state index in [2.05, 4.69) is 10.6 Å². The Balaban J connectivity index is 2.93. The van der Waals surface area contributed by atoms with Crippen molar-refractivity contribution in [2.75, 3.05) is 11.9 Å². The van der Waals surface area contributed by atoms with Crippen molar-refractivity contribution in [1.29, 1.82) is 0 Å². The Morgan fingerprint density at radius 2 is 1.94 bits per heavy atom. The third-order valence-electron chi connectivity index (χ3n) is 2.43. The normalized spacial score (nSPS) is 9.82. The third kappa shape index (κ3) is 3.59. The van der Waals surface area contributed by atoms with E-state index in [1.807, 2.05) is 19.9 Å². The van der Waals surface area contributed by atoms with Crippen LogP contribution in [0.2, 0.25) is 0 Å². The van der Waals surface area contributed by atoms with Crippen LogP contribution in [0, 0.1) is 6.92 Å². The van der Waals surface area contributed by atoms with Crippen LogP contribution in [0.5, 0.6) is 0 Å². The van der Waals surface area contributed by atoms with Gasteiger partial charge in [-0.2, -0.15) is 0 Å². The molecule has 0 atom stereocenters. The number of nitrogens with one attached hydrogen (secondary N) is 2. The summed E-state index contributed by atoms with van der Waals surface area (Å²) in [4.78, 5) is 23.0. The van der Waals surface area contributed by atoms with Crippen LogP contribution in [-0.2, 0) is 4.79 Å². The van der Waals surface area contributed by atoms with Crippen molar-refractivity contribution in [3.63, 3.8) is 0 Å². The summed E-state index contributed by atoms with van der Waals surface area (Å²) in [6.07, 6.45) is 0.421. The van der Waals surface area contributed by atoms with Crippen molar-refractivity contribution >= 4 is 17.5 Å². The minimum atomic E-state index is -0.125. The molecule has 0 spiro atoms. The second kappa shape index (κ2) is 6.03. The number of carbonyl (C=O) groups is 2. The van der Waals surface area contributed by atoms with Crippen molar-refractivity contribution in [3.05, 3.63) is 29.3 Å². The van der Waals surface area contributed by atoms with Crippen molar-refractivity contribution < 1.29 is 9.59 Å². The van der Waals surface area contributed by atoms with Crippen molar-refractivity contribution in [3.8, 4) is 0 Å². The van der Waals surface area contributed by atoms with Gasteiger partial charge in [0, 0.05) is 24.2 Å². The Bertz CT molecular complexity index is 427. The molecular weight excluding hydrogens is 216 g/mol. The fourth-order valence-electron chi connectivity index (χ4n) is 1.40. The van der Waals surface area contributed by atoms with Gasteiger partial charge >= 0.3 is 0 Å². The molecule has 92 valence electrons. The molecule has 1 aromatic rings. The third-order valence-corrected chi connectivity index (χ3v) is 2.43. The maximum absolute atomic E-state index is 11.6. The molecule has 0 radical (unpaired) electrons. The Kier molecular flexibility index (Phi) is 4.69. The molecule has 4 nitrogen and oxygen atoms in total. The van der Waals surface area contributed by atoms with Gasteiger partial charge in [-0.15, -0.1) is 0 Å². The zero-order chi connectivity index (χ0) is 12.8. The van der Waals surface area contributed by atoms with E-state index in [4.69, 9.17) is 0 Å². The van der Waals surface area contributed by atoms with Crippen molar-refractivity contribution in [1.82, 2.24) is 5.32 Å². The van der Waals surface area contributed by atoms with E-state index in [1.165, 1.54) is 0 Å².